The first-order valence-corrected chi connectivity index (χ1v) is 7.40. The van der Waals surface area contributed by atoms with Gasteiger partial charge in [-0.3, -0.25) is 4.79 Å². The number of carbonyl (C=O) groups excluding carboxylic acids is 2. The van der Waals surface area contributed by atoms with Crippen LogP contribution in [0.15, 0.2) is 39.3 Å². The molecule has 1 aromatic heterocycles. The van der Waals surface area contributed by atoms with Crippen molar-refractivity contribution in [2.45, 2.75) is 19.9 Å². The molecular weight excluding hydrogens is 352 g/mol. The van der Waals surface area contributed by atoms with Crippen molar-refractivity contribution in [1.82, 2.24) is 10.5 Å². The number of aryl methyl sites for hydroxylation is 1. The fourth-order valence-electron chi connectivity index (χ4n) is 1.78. The van der Waals surface area contributed by atoms with E-state index in [0.29, 0.717) is 5.69 Å². The predicted octanol–water partition coefficient (Wildman–Crippen LogP) is 2.78. The molecule has 0 unspecified atom stereocenters. The van der Waals surface area contributed by atoms with Crippen LogP contribution in [-0.4, -0.2) is 23.6 Å². The van der Waals surface area contributed by atoms with Crippen LogP contribution in [0.4, 0.5) is 0 Å². The summed E-state index contributed by atoms with van der Waals surface area (Å²) in [5.41, 5.74) is 1.52. The molecule has 0 saturated carbocycles. The number of halogens is 1. The fourth-order valence-corrected chi connectivity index (χ4v) is 2.04. The minimum absolute atomic E-state index is 0.0220. The maximum Gasteiger partial charge on any atom is 0.377 e. The van der Waals surface area contributed by atoms with E-state index in [1.165, 1.54) is 6.07 Å². The largest absolute Gasteiger partial charge is 0.450 e. The van der Waals surface area contributed by atoms with Crippen LogP contribution in [0.1, 0.15) is 34.8 Å². The van der Waals surface area contributed by atoms with E-state index in [1.807, 2.05) is 31.2 Å². The Hall–Kier alpha value is -2.15. The predicted molar refractivity (Wildman–Crippen MR) is 82.2 cm³/mol. The van der Waals surface area contributed by atoms with Gasteiger partial charge in [-0.25, -0.2) is 4.79 Å². The lowest BCUT2D eigenvalue weighted by Gasteiger charge is -2.14. The van der Waals surface area contributed by atoms with E-state index in [-0.39, 0.29) is 24.3 Å². The third-order valence-corrected chi connectivity index (χ3v) is 3.44. The zero-order chi connectivity index (χ0) is 16.1. The quantitative estimate of drug-likeness (QED) is 0.822. The van der Waals surface area contributed by atoms with Crippen molar-refractivity contribution in [2.24, 2.45) is 0 Å². The summed E-state index contributed by atoms with van der Waals surface area (Å²) in [5, 5.41) is 6.33. The molecule has 2 aromatic rings. The van der Waals surface area contributed by atoms with Crippen molar-refractivity contribution in [1.29, 1.82) is 0 Å². The molecule has 116 valence electrons. The van der Waals surface area contributed by atoms with Gasteiger partial charge in [0.15, 0.2) is 6.61 Å². The number of amides is 1. The lowest BCUT2D eigenvalue weighted by molar-refractivity contribution is -0.124. The molecule has 0 saturated heterocycles. The molecule has 22 heavy (non-hydrogen) atoms. The Kier molecular flexibility index (Phi) is 5.32. The first kappa shape index (κ1) is 16.2. The highest BCUT2D eigenvalue weighted by Gasteiger charge is 2.16. The summed E-state index contributed by atoms with van der Waals surface area (Å²) in [7, 11) is 0. The number of rotatable bonds is 5. The Balaban J connectivity index is 1.82. The normalized spacial score (nSPS) is 11.8. The van der Waals surface area contributed by atoms with Crippen LogP contribution < -0.4 is 5.32 Å². The van der Waals surface area contributed by atoms with E-state index in [9.17, 15) is 9.59 Å². The molecule has 2 rings (SSSR count). The molecule has 1 atom stereocenters. The average Bonchev–Trinajstić information content (AvgIpc) is 2.92. The van der Waals surface area contributed by atoms with Crippen molar-refractivity contribution in [2.75, 3.05) is 6.61 Å². The first-order valence-electron chi connectivity index (χ1n) is 6.61. The Morgan fingerprint density at radius 2 is 2.05 bits per heavy atom. The van der Waals surface area contributed by atoms with Gasteiger partial charge in [-0.1, -0.05) is 33.2 Å². The Bertz CT molecular complexity index is 666. The third kappa shape index (κ3) is 4.42. The van der Waals surface area contributed by atoms with Crippen molar-refractivity contribution in [3.8, 4) is 0 Å². The van der Waals surface area contributed by atoms with Gasteiger partial charge in [0.2, 0.25) is 5.76 Å². The highest BCUT2D eigenvalue weighted by Crippen LogP contribution is 2.16. The van der Waals surface area contributed by atoms with E-state index in [4.69, 9.17) is 9.26 Å². The van der Waals surface area contributed by atoms with Crippen LogP contribution in [0.2, 0.25) is 0 Å². The molecule has 1 heterocycles. The zero-order valence-corrected chi connectivity index (χ0v) is 13.7. The molecule has 6 nitrogen and oxygen atoms in total. The summed E-state index contributed by atoms with van der Waals surface area (Å²) in [6.07, 6.45) is 0. The van der Waals surface area contributed by atoms with E-state index >= 15 is 0 Å². The van der Waals surface area contributed by atoms with Gasteiger partial charge in [-0.2, -0.15) is 0 Å². The Labute approximate surface area is 135 Å². The van der Waals surface area contributed by atoms with E-state index in [0.717, 1.165) is 10.0 Å². The molecule has 0 aliphatic heterocycles. The van der Waals surface area contributed by atoms with Gasteiger partial charge >= 0.3 is 5.97 Å². The summed E-state index contributed by atoms with van der Waals surface area (Å²) in [5.74, 6) is -1.13. The van der Waals surface area contributed by atoms with Crippen LogP contribution in [0.5, 0.6) is 0 Å². The highest BCUT2D eigenvalue weighted by atomic mass is 79.9. The Morgan fingerprint density at radius 3 is 2.64 bits per heavy atom. The number of benzene rings is 1. The van der Waals surface area contributed by atoms with Gasteiger partial charge in [-0.05, 0) is 31.5 Å². The molecule has 1 N–H and O–H groups in total. The second-order valence-electron chi connectivity index (χ2n) is 4.75. The molecule has 0 spiro atoms. The molecule has 0 fully saturated rings. The SMILES string of the molecule is Cc1cc(C(=O)OCC(=O)N[C@H](C)c2ccc(Br)cc2)on1. The number of hydrogen-bond donors (Lipinski definition) is 1. The monoisotopic (exact) mass is 366 g/mol. The maximum absolute atomic E-state index is 11.8. The summed E-state index contributed by atoms with van der Waals surface area (Å²) in [4.78, 5) is 23.4. The standard InChI is InChI=1S/C15H15BrN2O4/c1-9-7-13(22-18-9)15(20)21-8-14(19)17-10(2)11-3-5-12(16)6-4-11/h3-7,10H,8H2,1-2H3,(H,17,19)/t10-/m1/s1. The number of carbonyl (C=O) groups is 2. The lowest BCUT2D eigenvalue weighted by atomic mass is 10.1. The van der Waals surface area contributed by atoms with Crippen molar-refractivity contribution < 1.29 is 18.8 Å². The molecule has 0 radical (unpaired) electrons. The van der Waals surface area contributed by atoms with Crippen molar-refractivity contribution in [3.05, 3.63) is 51.8 Å². The molecule has 1 amide bonds. The second-order valence-corrected chi connectivity index (χ2v) is 5.67. The van der Waals surface area contributed by atoms with Crippen LogP contribution in [-0.2, 0) is 9.53 Å². The summed E-state index contributed by atoms with van der Waals surface area (Å²) in [6, 6.07) is 8.85. The van der Waals surface area contributed by atoms with Gasteiger partial charge in [0.25, 0.3) is 5.91 Å². The van der Waals surface area contributed by atoms with Crippen LogP contribution in [0.3, 0.4) is 0 Å². The van der Waals surface area contributed by atoms with Crippen LogP contribution >= 0.6 is 15.9 Å². The molecule has 1 aromatic carbocycles. The topological polar surface area (TPSA) is 81.4 Å². The average molecular weight is 367 g/mol. The minimum Gasteiger partial charge on any atom is -0.450 e. The Morgan fingerprint density at radius 1 is 1.36 bits per heavy atom. The number of nitrogens with zero attached hydrogens (tertiary/aromatic N) is 1. The van der Waals surface area contributed by atoms with E-state index in [2.05, 4.69) is 26.4 Å². The van der Waals surface area contributed by atoms with Gasteiger partial charge in [-0.15, -0.1) is 0 Å². The molecule has 0 aliphatic rings. The second kappa shape index (κ2) is 7.22. The molecule has 7 heteroatoms. The van der Waals surface area contributed by atoms with Crippen molar-refractivity contribution in [3.63, 3.8) is 0 Å². The lowest BCUT2D eigenvalue weighted by Crippen LogP contribution is -2.31. The summed E-state index contributed by atoms with van der Waals surface area (Å²) >= 11 is 3.35. The summed E-state index contributed by atoms with van der Waals surface area (Å²) in [6.45, 7) is 3.16. The minimum atomic E-state index is -0.716. The van der Waals surface area contributed by atoms with Gasteiger partial charge < -0.3 is 14.6 Å². The van der Waals surface area contributed by atoms with E-state index in [1.54, 1.807) is 6.92 Å². The smallest absolute Gasteiger partial charge is 0.377 e. The van der Waals surface area contributed by atoms with Gasteiger partial charge in [0, 0.05) is 10.5 Å². The number of hydrogen-bond acceptors (Lipinski definition) is 5. The zero-order valence-electron chi connectivity index (χ0n) is 12.1. The fraction of sp³-hybridized carbons (Fsp3) is 0.267. The maximum atomic E-state index is 11.8. The van der Waals surface area contributed by atoms with Crippen LogP contribution in [0, 0.1) is 6.92 Å². The summed E-state index contributed by atoms with van der Waals surface area (Å²) < 4.78 is 10.6. The number of ether oxygens (including phenoxy) is 1. The first-order chi connectivity index (χ1) is 10.5. The third-order valence-electron chi connectivity index (χ3n) is 2.91. The van der Waals surface area contributed by atoms with E-state index < -0.39 is 5.97 Å². The number of esters is 1. The highest BCUT2D eigenvalue weighted by molar-refractivity contribution is 9.10. The molecule has 0 aliphatic carbocycles. The number of nitrogens with one attached hydrogen (secondary N) is 1. The number of aromatic nitrogens is 1. The molecule has 0 bridgehead atoms. The molecular formula is C15H15BrN2O4. The van der Waals surface area contributed by atoms with Crippen LogP contribution in [0.25, 0.3) is 0 Å². The van der Waals surface area contributed by atoms with Crippen molar-refractivity contribution >= 4 is 27.8 Å². The van der Waals surface area contributed by atoms with Gasteiger partial charge in [0.05, 0.1) is 11.7 Å². The van der Waals surface area contributed by atoms with Gasteiger partial charge in [0.1, 0.15) is 0 Å².